The van der Waals surface area contributed by atoms with Crippen molar-refractivity contribution in [3.63, 3.8) is 0 Å². The number of Topliss-reactive ketones (excluding diaryl/α,β-unsaturated/α-hetero) is 1. The minimum absolute atomic E-state index is 0.00704. The van der Waals surface area contributed by atoms with E-state index in [-0.39, 0.29) is 34.8 Å². The summed E-state index contributed by atoms with van der Waals surface area (Å²) in [6.07, 6.45) is 4.60. The van der Waals surface area contributed by atoms with Crippen LogP contribution in [0.3, 0.4) is 0 Å². The van der Waals surface area contributed by atoms with Crippen molar-refractivity contribution in [3.8, 4) is 0 Å². The van der Waals surface area contributed by atoms with Crippen molar-refractivity contribution < 1.29 is 22.8 Å². The Bertz CT molecular complexity index is 1760. The Morgan fingerprint density at radius 3 is 2.60 bits per heavy atom. The Labute approximate surface area is 268 Å². The summed E-state index contributed by atoms with van der Waals surface area (Å²) in [5.74, 6) is -0.711. The van der Waals surface area contributed by atoms with Gasteiger partial charge >= 0.3 is 0 Å². The monoisotopic (exact) mass is 653 g/mol. The molecule has 0 radical (unpaired) electrons. The van der Waals surface area contributed by atoms with Gasteiger partial charge in [-0.25, -0.2) is 8.42 Å². The highest BCUT2D eigenvalue weighted by Gasteiger charge is 2.45. The molecule has 10 nitrogen and oxygen atoms in total. The van der Waals surface area contributed by atoms with Gasteiger partial charge in [-0.3, -0.25) is 24.2 Å². The van der Waals surface area contributed by atoms with Gasteiger partial charge in [-0.1, -0.05) is 44.5 Å². The number of nitrogens with one attached hydrogen (secondary N) is 2. The van der Waals surface area contributed by atoms with Crippen molar-refractivity contribution in [2.45, 2.75) is 77.0 Å². The van der Waals surface area contributed by atoms with Crippen molar-refractivity contribution in [1.82, 2.24) is 20.0 Å². The van der Waals surface area contributed by atoms with Gasteiger partial charge in [0.05, 0.1) is 22.4 Å². The van der Waals surface area contributed by atoms with E-state index < -0.39 is 15.3 Å². The lowest BCUT2D eigenvalue weighted by molar-refractivity contribution is -0.133. The number of carbonyl (C=O) groups excluding carboxylic acids is 3. The first kappa shape index (κ1) is 31.5. The maximum Gasteiger partial charge on any atom is 0.243 e. The summed E-state index contributed by atoms with van der Waals surface area (Å²) in [5.41, 5.74) is 3.52. The normalized spacial score (nSPS) is 22.1. The van der Waals surface area contributed by atoms with Crippen LogP contribution in [0.2, 0.25) is 5.02 Å². The smallest absolute Gasteiger partial charge is 0.243 e. The number of halogens is 1. The summed E-state index contributed by atoms with van der Waals surface area (Å²) < 4.78 is 28.6. The van der Waals surface area contributed by atoms with Crippen molar-refractivity contribution in [3.05, 3.63) is 58.2 Å². The van der Waals surface area contributed by atoms with Crippen LogP contribution < -0.4 is 4.72 Å². The molecule has 1 unspecified atom stereocenters. The predicted molar refractivity (Wildman–Crippen MR) is 174 cm³/mol. The fourth-order valence-corrected chi connectivity index (χ4v) is 9.33. The second-order valence-electron chi connectivity index (χ2n) is 13.9. The minimum atomic E-state index is -3.86. The van der Waals surface area contributed by atoms with Crippen LogP contribution in [0.4, 0.5) is 5.69 Å². The number of nitrogens with zero attached hydrogens (tertiary/aromatic N) is 3. The zero-order valence-corrected chi connectivity index (χ0v) is 27.5. The molecule has 2 amide bonds. The molecule has 6 rings (SSSR count). The number of anilines is 1. The van der Waals surface area contributed by atoms with Crippen LogP contribution in [0.15, 0.2) is 36.5 Å². The molecule has 45 heavy (non-hydrogen) atoms. The Morgan fingerprint density at radius 1 is 1.13 bits per heavy atom. The van der Waals surface area contributed by atoms with Crippen molar-refractivity contribution in [2.24, 2.45) is 11.3 Å². The Balaban J connectivity index is 1.10. The van der Waals surface area contributed by atoms with Crippen LogP contribution in [0.25, 0.3) is 10.9 Å². The van der Waals surface area contributed by atoms with Gasteiger partial charge in [0.25, 0.3) is 0 Å². The van der Waals surface area contributed by atoms with Gasteiger partial charge in [0.15, 0.2) is 5.78 Å². The van der Waals surface area contributed by atoms with Gasteiger partial charge in [0, 0.05) is 50.0 Å². The summed E-state index contributed by atoms with van der Waals surface area (Å²) in [4.78, 5) is 43.7. The van der Waals surface area contributed by atoms with Gasteiger partial charge in [0.2, 0.25) is 21.8 Å². The maximum absolute atomic E-state index is 13.5. The summed E-state index contributed by atoms with van der Waals surface area (Å²) in [5, 5.41) is 7.55. The summed E-state index contributed by atoms with van der Waals surface area (Å²) in [6, 6.07) is 8.63. The van der Waals surface area contributed by atoms with Crippen LogP contribution in [-0.2, 0) is 26.2 Å². The zero-order chi connectivity index (χ0) is 32.1. The van der Waals surface area contributed by atoms with E-state index in [1.807, 2.05) is 11.0 Å². The van der Waals surface area contributed by atoms with E-state index >= 15 is 0 Å². The van der Waals surface area contributed by atoms with Crippen LogP contribution in [0.1, 0.15) is 86.7 Å². The van der Waals surface area contributed by atoms with E-state index in [1.165, 1.54) is 0 Å². The molecule has 1 aromatic heterocycles. The first-order chi connectivity index (χ1) is 21.3. The van der Waals surface area contributed by atoms with E-state index in [9.17, 15) is 22.8 Å². The number of fused-ring (bicyclic) bond motifs is 4. The summed E-state index contributed by atoms with van der Waals surface area (Å²) in [7, 11) is -3.86. The summed E-state index contributed by atoms with van der Waals surface area (Å²) in [6.45, 7) is 8.30. The van der Waals surface area contributed by atoms with Crippen molar-refractivity contribution in [2.75, 3.05) is 24.4 Å². The molecule has 2 aromatic carbocycles. The molecule has 0 bridgehead atoms. The van der Waals surface area contributed by atoms with E-state index in [2.05, 4.69) is 35.7 Å². The highest BCUT2D eigenvalue weighted by molar-refractivity contribution is 7.94. The number of H-pyrrole nitrogens is 1. The van der Waals surface area contributed by atoms with Gasteiger partial charge < -0.3 is 9.80 Å². The first-order valence-corrected chi connectivity index (χ1v) is 17.6. The largest absolute Gasteiger partial charge is 0.343 e. The van der Waals surface area contributed by atoms with E-state index in [1.54, 1.807) is 35.4 Å². The zero-order valence-electron chi connectivity index (χ0n) is 25.9. The Kier molecular flexibility index (Phi) is 8.45. The lowest BCUT2D eigenvalue weighted by atomic mass is 9.86. The molecule has 3 aliphatic rings. The molecule has 0 saturated carbocycles. The Morgan fingerprint density at radius 2 is 1.87 bits per heavy atom. The van der Waals surface area contributed by atoms with Gasteiger partial charge in [0.1, 0.15) is 5.25 Å². The van der Waals surface area contributed by atoms with Gasteiger partial charge in [-0.15, -0.1) is 0 Å². The SMILES string of the molecule is CC(C)(C)CN1Cc2c(cc(Cl)c3[nH]ncc23)[C@@H](CCCC(=O)N2CCC(C3C(=O)c4ccccc4NS3(=O)=O)CC2)CC1=O. The standard InChI is InChI=1S/C33H40ClN5O5S/c1-33(2,3)19-39-18-25-23(16-26(34)30-24(25)17-35-36-30)21(15-29(39)41)7-6-10-28(40)38-13-11-20(12-14-38)32-31(42)22-8-4-5-9-27(22)37-45(32,43)44/h4-5,8-9,16-17,20-21,32,37H,6-7,10-15,18-19H2,1-3H3,(H,35,36)/t21-,32?/m0/s1. The molecule has 0 spiro atoms. The molecule has 0 aliphatic carbocycles. The number of likely N-dealkylation sites (tertiary alicyclic amines) is 1. The molecule has 3 aromatic rings. The average molecular weight is 654 g/mol. The van der Waals surface area contributed by atoms with Gasteiger partial charge in [-0.05, 0) is 72.3 Å². The fourth-order valence-electron chi connectivity index (χ4n) is 7.27. The number of para-hydroxylation sites is 1. The third kappa shape index (κ3) is 6.34. The molecule has 1 fully saturated rings. The Hall–Kier alpha value is -3.44. The maximum atomic E-state index is 13.5. The van der Waals surface area contributed by atoms with E-state index in [0.29, 0.717) is 81.0 Å². The lowest BCUT2D eigenvalue weighted by Gasteiger charge is -2.37. The number of ketones is 1. The molecule has 2 N–H and O–H groups in total. The summed E-state index contributed by atoms with van der Waals surface area (Å²) >= 11 is 6.65. The number of amides is 2. The third-order valence-corrected chi connectivity index (χ3v) is 11.4. The van der Waals surface area contributed by atoms with E-state index in [4.69, 9.17) is 11.6 Å². The minimum Gasteiger partial charge on any atom is -0.343 e. The van der Waals surface area contributed by atoms with Crippen LogP contribution in [-0.4, -0.2) is 70.9 Å². The molecule has 12 heteroatoms. The van der Waals surface area contributed by atoms with Crippen LogP contribution in [0, 0.1) is 11.3 Å². The van der Waals surface area contributed by atoms with E-state index in [0.717, 1.165) is 22.0 Å². The highest BCUT2D eigenvalue weighted by Crippen LogP contribution is 2.40. The fraction of sp³-hybridized carbons (Fsp3) is 0.515. The first-order valence-electron chi connectivity index (χ1n) is 15.7. The number of rotatable bonds is 6. The molecule has 4 heterocycles. The molecular formula is C33H40ClN5O5S. The second-order valence-corrected chi connectivity index (χ2v) is 16.1. The highest BCUT2D eigenvalue weighted by atomic mass is 35.5. The lowest BCUT2D eigenvalue weighted by Crippen LogP contribution is -2.49. The topological polar surface area (TPSA) is 133 Å². The molecular weight excluding hydrogens is 614 g/mol. The van der Waals surface area contributed by atoms with Gasteiger partial charge in [-0.2, -0.15) is 5.10 Å². The third-order valence-electron chi connectivity index (χ3n) is 9.36. The number of piperidine rings is 1. The number of aromatic amines is 1. The van der Waals surface area contributed by atoms with Crippen molar-refractivity contribution in [1.29, 1.82) is 0 Å². The number of hydrogen-bond acceptors (Lipinski definition) is 6. The number of hydrogen-bond donors (Lipinski definition) is 2. The number of sulfonamides is 1. The van der Waals surface area contributed by atoms with Crippen LogP contribution in [0.5, 0.6) is 0 Å². The number of carbonyl (C=O) groups is 3. The predicted octanol–water partition coefficient (Wildman–Crippen LogP) is 5.49. The number of benzene rings is 2. The second kappa shape index (κ2) is 12.1. The molecule has 2 atom stereocenters. The molecule has 1 saturated heterocycles. The number of aromatic nitrogens is 2. The average Bonchev–Trinajstić information content (AvgIpc) is 3.43. The van der Waals surface area contributed by atoms with Crippen LogP contribution >= 0.6 is 11.6 Å². The van der Waals surface area contributed by atoms with Crippen molar-refractivity contribution >= 4 is 55.8 Å². The quantitative estimate of drug-likeness (QED) is 0.361. The molecule has 3 aliphatic heterocycles. The molecule has 240 valence electrons.